The molecule has 0 aliphatic heterocycles. The molecule has 92 valence electrons. The van der Waals surface area contributed by atoms with E-state index in [0.29, 0.717) is 0 Å². The first-order valence-electron chi connectivity index (χ1n) is 5.95. The molecule has 0 saturated heterocycles. The summed E-state index contributed by atoms with van der Waals surface area (Å²) in [5, 5.41) is 10.0. The largest absolute Gasteiger partial charge is 0.334 e. The van der Waals surface area contributed by atoms with E-state index in [-0.39, 0.29) is 0 Å². The molecule has 0 aliphatic rings. The number of hydrogen-bond acceptors (Lipinski definition) is 4. The van der Waals surface area contributed by atoms with Crippen LogP contribution < -0.4 is 5.32 Å². The van der Waals surface area contributed by atoms with E-state index in [0.717, 1.165) is 44.1 Å². The molecule has 2 aromatic rings. The van der Waals surface area contributed by atoms with E-state index in [1.165, 1.54) is 0 Å². The lowest BCUT2D eigenvalue weighted by atomic mass is 10.3. The molecule has 2 heterocycles. The smallest absolute Gasteiger partial charge is 0.137 e. The quantitative estimate of drug-likeness (QED) is 0.693. The molecule has 17 heavy (non-hydrogen) atoms. The second-order valence-corrected chi connectivity index (χ2v) is 3.84. The first kappa shape index (κ1) is 11.8. The van der Waals surface area contributed by atoms with E-state index < -0.39 is 0 Å². The summed E-state index contributed by atoms with van der Waals surface area (Å²) in [6.45, 7) is 4.86. The van der Waals surface area contributed by atoms with E-state index in [1.807, 2.05) is 12.4 Å². The van der Waals surface area contributed by atoms with Gasteiger partial charge in [-0.2, -0.15) is 5.10 Å². The number of imidazole rings is 1. The first-order chi connectivity index (χ1) is 8.40. The van der Waals surface area contributed by atoms with Crippen molar-refractivity contribution in [1.29, 1.82) is 0 Å². The summed E-state index contributed by atoms with van der Waals surface area (Å²) < 4.78 is 2.14. The molecule has 0 fully saturated rings. The van der Waals surface area contributed by atoms with Crippen LogP contribution in [0.2, 0.25) is 0 Å². The highest BCUT2D eigenvalue weighted by molar-refractivity contribution is 4.91. The standard InChI is InChI=1S/C11H18N6/c1-2-17-7-6-13-11(17)8-12-5-3-4-10-14-9-15-16-10/h6-7,9,12H,2-5,8H2,1H3,(H,14,15,16). The predicted molar refractivity (Wildman–Crippen MR) is 64.3 cm³/mol. The molecule has 0 radical (unpaired) electrons. The van der Waals surface area contributed by atoms with Gasteiger partial charge >= 0.3 is 0 Å². The van der Waals surface area contributed by atoms with E-state index in [4.69, 9.17) is 0 Å². The average Bonchev–Trinajstić information content (AvgIpc) is 2.98. The summed E-state index contributed by atoms with van der Waals surface area (Å²) >= 11 is 0. The highest BCUT2D eigenvalue weighted by atomic mass is 15.2. The topological polar surface area (TPSA) is 71.4 Å². The molecular weight excluding hydrogens is 216 g/mol. The van der Waals surface area contributed by atoms with Gasteiger partial charge in [-0.15, -0.1) is 0 Å². The van der Waals surface area contributed by atoms with Crippen molar-refractivity contribution < 1.29 is 0 Å². The van der Waals surface area contributed by atoms with Crippen LogP contribution in [0.5, 0.6) is 0 Å². The van der Waals surface area contributed by atoms with Gasteiger partial charge in [0, 0.05) is 25.4 Å². The monoisotopic (exact) mass is 234 g/mol. The van der Waals surface area contributed by atoms with Gasteiger partial charge in [-0.3, -0.25) is 5.10 Å². The molecule has 6 nitrogen and oxygen atoms in total. The minimum absolute atomic E-state index is 0.817. The second kappa shape index (κ2) is 6.15. The van der Waals surface area contributed by atoms with Crippen molar-refractivity contribution in [2.45, 2.75) is 32.9 Å². The summed E-state index contributed by atoms with van der Waals surface area (Å²) in [6, 6.07) is 0. The van der Waals surface area contributed by atoms with Crippen molar-refractivity contribution in [1.82, 2.24) is 30.0 Å². The van der Waals surface area contributed by atoms with Crippen LogP contribution in [0, 0.1) is 0 Å². The van der Waals surface area contributed by atoms with Gasteiger partial charge in [-0.1, -0.05) is 0 Å². The lowest BCUT2D eigenvalue weighted by molar-refractivity contribution is 0.592. The van der Waals surface area contributed by atoms with Gasteiger partial charge in [-0.05, 0) is 19.9 Å². The van der Waals surface area contributed by atoms with Gasteiger partial charge in [0.05, 0.1) is 6.54 Å². The van der Waals surface area contributed by atoms with Gasteiger partial charge in [0.15, 0.2) is 0 Å². The fourth-order valence-electron chi connectivity index (χ4n) is 1.73. The number of nitrogens with one attached hydrogen (secondary N) is 2. The van der Waals surface area contributed by atoms with Crippen molar-refractivity contribution in [3.63, 3.8) is 0 Å². The molecule has 0 atom stereocenters. The maximum absolute atomic E-state index is 4.31. The summed E-state index contributed by atoms with van der Waals surface area (Å²) in [4.78, 5) is 8.39. The Morgan fingerprint density at radius 2 is 2.35 bits per heavy atom. The lowest BCUT2D eigenvalue weighted by Gasteiger charge is -2.06. The Balaban J connectivity index is 1.63. The minimum atomic E-state index is 0.817. The number of aromatic nitrogens is 5. The molecule has 6 heteroatoms. The van der Waals surface area contributed by atoms with Crippen LogP contribution in [0.1, 0.15) is 25.0 Å². The molecule has 0 amide bonds. The Morgan fingerprint density at radius 1 is 1.41 bits per heavy atom. The molecule has 0 saturated carbocycles. The SMILES string of the molecule is CCn1ccnc1CNCCCc1ncn[nH]1. The fraction of sp³-hybridized carbons (Fsp3) is 0.545. The third-order valence-electron chi connectivity index (χ3n) is 2.66. The summed E-state index contributed by atoms with van der Waals surface area (Å²) in [5.74, 6) is 2.04. The molecular formula is C11H18N6. The van der Waals surface area contributed by atoms with Crippen molar-refractivity contribution in [3.05, 3.63) is 30.4 Å². The molecule has 2 rings (SSSR count). The zero-order valence-electron chi connectivity index (χ0n) is 10.1. The first-order valence-corrected chi connectivity index (χ1v) is 5.95. The molecule has 0 unspecified atom stereocenters. The Morgan fingerprint density at radius 3 is 3.12 bits per heavy atom. The Labute approximate surface area is 100 Å². The van der Waals surface area contributed by atoms with Crippen LogP contribution in [0.25, 0.3) is 0 Å². The molecule has 0 aromatic carbocycles. The zero-order valence-corrected chi connectivity index (χ0v) is 10.1. The van der Waals surface area contributed by atoms with Crippen molar-refractivity contribution >= 4 is 0 Å². The van der Waals surface area contributed by atoms with Crippen molar-refractivity contribution in [3.8, 4) is 0 Å². The molecule has 0 aliphatic carbocycles. The average molecular weight is 234 g/mol. The molecule has 2 aromatic heterocycles. The number of nitrogens with zero attached hydrogens (tertiary/aromatic N) is 4. The van der Waals surface area contributed by atoms with Crippen LogP contribution in [0.3, 0.4) is 0 Å². The van der Waals surface area contributed by atoms with Crippen LogP contribution in [0.15, 0.2) is 18.7 Å². The van der Waals surface area contributed by atoms with E-state index in [9.17, 15) is 0 Å². The molecule has 0 bridgehead atoms. The maximum atomic E-state index is 4.31. The molecule has 0 spiro atoms. The van der Waals surface area contributed by atoms with Gasteiger partial charge in [0.25, 0.3) is 0 Å². The zero-order chi connectivity index (χ0) is 11.9. The van der Waals surface area contributed by atoms with Crippen LogP contribution >= 0.6 is 0 Å². The van der Waals surface area contributed by atoms with Crippen molar-refractivity contribution in [2.75, 3.05) is 6.54 Å². The Bertz CT molecular complexity index is 419. The highest BCUT2D eigenvalue weighted by Crippen LogP contribution is 1.97. The van der Waals surface area contributed by atoms with Crippen LogP contribution in [-0.4, -0.2) is 31.3 Å². The molecule has 2 N–H and O–H groups in total. The number of rotatable bonds is 7. The normalized spacial score (nSPS) is 10.9. The lowest BCUT2D eigenvalue weighted by Crippen LogP contribution is -2.18. The number of aryl methyl sites for hydroxylation is 2. The van der Waals surface area contributed by atoms with Gasteiger partial charge < -0.3 is 9.88 Å². The maximum Gasteiger partial charge on any atom is 0.137 e. The fourth-order valence-corrected chi connectivity index (χ4v) is 1.73. The Kier molecular flexibility index (Phi) is 4.26. The van der Waals surface area contributed by atoms with Crippen molar-refractivity contribution in [2.24, 2.45) is 0 Å². The van der Waals surface area contributed by atoms with E-state index >= 15 is 0 Å². The summed E-state index contributed by atoms with van der Waals surface area (Å²) in [7, 11) is 0. The van der Waals surface area contributed by atoms with E-state index in [1.54, 1.807) is 6.33 Å². The second-order valence-electron chi connectivity index (χ2n) is 3.84. The van der Waals surface area contributed by atoms with Gasteiger partial charge in [0.1, 0.15) is 18.0 Å². The predicted octanol–water partition coefficient (Wildman–Crippen LogP) is 0.743. The van der Waals surface area contributed by atoms with Gasteiger partial charge in [-0.25, -0.2) is 9.97 Å². The third-order valence-corrected chi connectivity index (χ3v) is 2.66. The number of aromatic amines is 1. The minimum Gasteiger partial charge on any atom is -0.334 e. The summed E-state index contributed by atoms with van der Waals surface area (Å²) in [5.41, 5.74) is 0. The van der Waals surface area contributed by atoms with E-state index in [2.05, 4.69) is 37.0 Å². The highest BCUT2D eigenvalue weighted by Gasteiger charge is 2.00. The number of hydrogen-bond donors (Lipinski definition) is 2. The number of H-pyrrole nitrogens is 1. The van der Waals surface area contributed by atoms with Crippen LogP contribution in [0.4, 0.5) is 0 Å². The Hall–Kier alpha value is -1.69. The summed E-state index contributed by atoms with van der Waals surface area (Å²) in [6.07, 6.45) is 7.36. The third kappa shape index (κ3) is 3.39. The van der Waals surface area contributed by atoms with Crippen LogP contribution in [-0.2, 0) is 19.5 Å². The van der Waals surface area contributed by atoms with Gasteiger partial charge in [0.2, 0.25) is 0 Å².